The number of nitrogens with one attached hydrogen (secondary N) is 1. The lowest BCUT2D eigenvalue weighted by Gasteiger charge is -2.29. The molecule has 14 heteroatoms. The average molecular weight is 421 g/mol. The van der Waals surface area contributed by atoms with E-state index in [9.17, 15) is 48.3 Å². The molecule has 1 aliphatic rings. The largest absolute Gasteiger partial charge is 0.453 e. The van der Waals surface area contributed by atoms with Gasteiger partial charge in [-0.2, -0.15) is 34.8 Å². The maximum Gasteiger partial charge on any atom is 0.453 e. The van der Waals surface area contributed by atoms with Crippen molar-refractivity contribution in [3.05, 3.63) is 0 Å². The number of carbonyl (C=O) groups excluding carboxylic acids is 1. The molecule has 0 aromatic heterocycles. The Morgan fingerprint density at radius 2 is 1.42 bits per heavy atom. The molecule has 1 N–H and O–H groups in total. The Balaban J connectivity index is 2.98. The topological polar surface area (TPSA) is 72.5 Å². The van der Waals surface area contributed by atoms with Gasteiger partial charge in [-0.05, 0) is 12.8 Å². The predicted molar refractivity (Wildman–Crippen MR) is 70.2 cm³/mol. The number of sulfonamides is 1. The summed E-state index contributed by atoms with van der Waals surface area (Å²) in [6, 6.07) is 0. The van der Waals surface area contributed by atoms with E-state index >= 15 is 0 Å². The summed E-state index contributed by atoms with van der Waals surface area (Å²) in [5.74, 6) is -2.57. The molecule has 5 nitrogen and oxygen atoms in total. The lowest BCUT2D eigenvalue weighted by molar-refractivity contribution is -0.435. The second kappa shape index (κ2) is 7.82. The third kappa shape index (κ3) is 4.96. The second-order valence-corrected chi connectivity index (χ2v) is 7.38. The second-order valence-electron chi connectivity index (χ2n) is 5.66. The van der Waals surface area contributed by atoms with Crippen LogP contribution in [-0.4, -0.2) is 38.2 Å². The predicted octanol–water partition coefficient (Wildman–Crippen LogP) is 3.46. The van der Waals surface area contributed by atoms with E-state index in [0.717, 1.165) is 0 Å². The van der Waals surface area contributed by atoms with Crippen molar-refractivity contribution in [3.63, 3.8) is 0 Å². The fourth-order valence-corrected chi connectivity index (χ4v) is 3.17. The maximum atomic E-state index is 13.5. The highest BCUT2D eigenvalue weighted by atomic mass is 32.2. The molecule has 0 atom stereocenters. The van der Waals surface area contributed by atoms with Crippen molar-refractivity contribution in [1.82, 2.24) is 4.72 Å². The van der Waals surface area contributed by atoms with Gasteiger partial charge in [0.15, 0.2) is 0 Å². The van der Waals surface area contributed by atoms with Gasteiger partial charge < -0.3 is 0 Å². The minimum absolute atomic E-state index is 0.114. The summed E-state index contributed by atoms with van der Waals surface area (Å²) in [7, 11) is -6.56. The van der Waals surface area contributed by atoms with Crippen LogP contribution in [0.3, 0.4) is 0 Å². The third-order valence-corrected chi connectivity index (χ3v) is 5.04. The van der Waals surface area contributed by atoms with Crippen LogP contribution in [0.15, 0.2) is 0 Å². The van der Waals surface area contributed by atoms with E-state index in [1.165, 1.54) is 0 Å². The first-order chi connectivity index (χ1) is 11.6. The third-order valence-electron chi connectivity index (χ3n) is 3.66. The summed E-state index contributed by atoms with van der Waals surface area (Å²) in [5, 5.41) is -6.42. The molecule has 26 heavy (non-hydrogen) atoms. The van der Waals surface area contributed by atoms with E-state index < -0.39 is 45.7 Å². The molecule has 0 radical (unpaired) electrons. The molecule has 154 valence electrons. The highest BCUT2D eigenvalue weighted by Gasteiger charge is 2.72. The van der Waals surface area contributed by atoms with Crippen LogP contribution >= 0.6 is 0 Å². The van der Waals surface area contributed by atoms with Gasteiger partial charge in [-0.15, -0.1) is 0 Å². The van der Waals surface area contributed by atoms with Crippen LogP contribution < -0.4 is 4.72 Å². The van der Waals surface area contributed by atoms with Gasteiger partial charge in [0.1, 0.15) is 0 Å². The fourth-order valence-electron chi connectivity index (χ4n) is 2.25. The smallest absolute Gasteiger partial charge is 0.274 e. The van der Waals surface area contributed by atoms with Gasteiger partial charge in [-0.3, -0.25) is 4.79 Å². The van der Waals surface area contributed by atoms with Gasteiger partial charge in [0.25, 0.3) is 0 Å². The van der Waals surface area contributed by atoms with Crippen molar-refractivity contribution >= 4 is 15.9 Å². The Morgan fingerprint density at radius 3 is 1.85 bits per heavy atom. The van der Waals surface area contributed by atoms with E-state index in [2.05, 4.69) is 4.74 Å². The minimum Gasteiger partial charge on any atom is -0.274 e. The van der Waals surface area contributed by atoms with Crippen LogP contribution in [0.5, 0.6) is 0 Å². The van der Waals surface area contributed by atoms with Crippen LogP contribution in [0.1, 0.15) is 38.5 Å². The normalized spacial score (nSPS) is 18.7. The monoisotopic (exact) mass is 421 g/mol. The zero-order chi connectivity index (χ0) is 20.4. The number of carbonyl (C=O) groups is 1. The lowest BCUT2D eigenvalue weighted by atomic mass is 10.0. The van der Waals surface area contributed by atoms with E-state index in [1.807, 2.05) is 0 Å². The zero-order valence-corrected chi connectivity index (χ0v) is 13.8. The summed E-state index contributed by atoms with van der Waals surface area (Å²) in [6.45, 7) is 0. The maximum absolute atomic E-state index is 13.5. The number of alkyl halides is 8. The van der Waals surface area contributed by atoms with Gasteiger partial charge >= 0.3 is 33.9 Å². The van der Waals surface area contributed by atoms with Crippen molar-refractivity contribution in [2.45, 2.75) is 62.4 Å². The van der Waals surface area contributed by atoms with Crippen molar-refractivity contribution in [3.8, 4) is 0 Å². The molecule has 0 heterocycles. The molecule has 1 rings (SSSR count). The Bertz CT molecular complexity index is 602. The minimum atomic E-state index is -6.56. The summed E-state index contributed by atoms with van der Waals surface area (Å²) in [5.41, 5.74) is 0. The molecule has 1 aliphatic carbocycles. The number of amides is 1. The van der Waals surface area contributed by atoms with Gasteiger partial charge in [-0.25, -0.2) is 18.2 Å². The number of rotatable bonds is 7. The molecule has 0 saturated heterocycles. The standard InChI is InChI=1S/C12H15F8NO4S/c13-9(14)10(15,16)25-11(17,18)12(19,20)26(23,24)21-8(22)7-5-3-1-2-4-6-7/h7,9H,1-6H2,(H,21,22). The van der Waals surface area contributed by atoms with E-state index in [0.29, 0.717) is 30.4 Å². The molecular weight excluding hydrogens is 406 g/mol. The Hall–Kier alpha value is -1.18. The molecule has 0 aromatic carbocycles. The van der Waals surface area contributed by atoms with Gasteiger partial charge in [0.2, 0.25) is 5.91 Å². The highest BCUT2D eigenvalue weighted by Crippen LogP contribution is 2.44. The molecule has 0 aliphatic heterocycles. The zero-order valence-electron chi connectivity index (χ0n) is 13.0. The van der Waals surface area contributed by atoms with E-state index in [4.69, 9.17) is 0 Å². The first-order valence-electron chi connectivity index (χ1n) is 7.32. The van der Waals surface area contributed by atoms with Gasteiger partial charge in [-0.1, -0.05) is 25.7 Å². The van der Waals surface area contributed by atoms with Crippen molar-refractivity contribution < 1.29 is 53.1 Å². The number of ether oxygens (including phenoxy) is 1. The van der Waals surface area contributed by atoms with Crippen molar-refractivity contribution in [1.29, 1.82) is 0 Å². The van der Waals surface area contributed by atoms with Gasteiger partial charge in [0, 0.05) is 5.92 Å². The molecule has 1 saturated carbocycles. The van der Waals surface area contributed by atoms with Crippen LogP contribution in [0, 0.1) is 5.92 Å². The molecule has 0 unspecified atom stereocenters. The van der Waals surface area contributed by atoms with Gasteiger partial charge in [0.05, 0.1) is 0 Å². The number of hydrogen-bond acceptors (Lipinski definition) is 4. The number of hydrogen-bond donors (Lipinski definition) is 1. The van der Waals surface area contributed by atoms with Crippen LogP contribution in [0.2, 0.25) is 0 Å². The summed E-state index contributed by atoms with van der Waals surface area (Å²) >= 11 is 0. The van der Waals surface area contributed by atoms with Crippen LogP contribution in [0.4, 0.5) is 35.1 Å². The lowest BCUT2D eigenvalue weighted by Crippen LogP contribution is -2.57. The van der Waals surface area contributed by atoms with Crippen LogP contribution in [0.25, 0.3) is 0 Å². The average Bonchev–Trinajstić information content (AvgIpc) is 2.74. The molecule has 1 amide bonds. The van der Waals surface area contributed by atoms with Crippen LogP contribution in [-0.2, 0) is 19.6 Å². The molecule has 0 aromatic rings. The Morgan fingerprint density at radius 1 is 0.962 bits per heavy atom. The summed E-state index contributed by atoms with van der Waals surface area (Å²) in [6.07, 6.45) is -15.0. The SMILES string of the molecule is O=C(NS(=O)(=O)C(F)(F)C(F)(F)OC(F)(F)C(F)F)C1CCCCCC1. The molecular formula is C12H15F8NO4S. The number of halogens is 8. The quantitative estimate of drug-likeness (QED) is 0.505. The van der Waals surface area contributed by atoms with E-state index in [-0.39, 0.29) is 12.8 Å². The van der Waals surface area contributed by atoms with E-state index in [1.54, 1.807) is 0 Å². The molecule has 0 bridgehead atoms. The summed E-state index contributed by atoms with van der Waals surface area (Å²) < 4.78 is 128. The first kappa shape index (κ1) is 22.9. The molecule has 0 spiro atoms. The van der Waals surface area contributed by atoms with Crippen molar-refractivity contribution in [2.24, 2.45) is 5.92 Å². The Kier molecular flexibility index (Phi) is 6.88. The van der Waals surface area contributed by atoms with Crippen molar-refractivity contribution in [2.75, 3.05) is 0 Å². The Labute approximate surface area is 143 Å². The summed E-state index contributed by atoms with van der Waals surface area (Å²) in [4.78, 5) is 11.8. The molecule has 1 fully saturated rings. The highest BCUT2D eigenvalue weighted by molar-refractivity contribution is 7.91. The first-order valence-corrected chi connectivity index (χ1v) is 8.80. The fraction of sp³-hybridized carbons (Fsp3) is 0.917.